The summed E-state index contributed by atoms with van der Waals surface area (Å²) >= 11 is 0. The molecule has 1 aliphatic rings. The van der Waals surface area contributed by atoms with Crippen LogP contribution in [0.2, 0.25) is 0 Å². The highest BCUT2D eigenvalue weighted by Crippen LogP contribution is 2.20. The Bertz CT molecular complexity index is 460. The molecule has 1 heterocycles. The molecule has 2 heteroatoms. The second-order valence-corrected chi connectivity index (χ2v) is 12.3. The highest BCUT2D eigenvalue weighted by molar-refractivity contribution is 5.71. The Morgan fingerprint density at radius 3 is 0.973 bits per heavy atom. The van der Waals surface area contributed by atoms with Gasteiger partial charge in [-0.2, -0.15) is 0 Å². The maximum absolute atomic E-state index is 11.1. The molecule has 1 fully saturated rings. The van der Waals surface area contributed by atoms with Crippen LogP contribution in [0.25, 0.3) is 0 Å². The molecule has 1 saturated heterocycles. The Morgan fingerprint density at radius 2 is 0.730 bits per heavy atom. The predicted octanol–water partition coefficient (Wildman–Crippen LogP) is 12.4. The standard InChI is InChI=1S/C35H68O2/c1-2-3-4-5-6-7-8-9-10-11-12-13-14-15-16-17-18-19-20-21-22-23-24-25-26-27-28-29-30-31-34-32-33-35(36)37-34/h34H,2-33H2,1H3/t34-/m0/s1. The molecule has 0 aromatic rings. The highest BCUT2D eigenvalue weighted by Gasteiger charge is 2.22. The monoisotopic (exact) mass is 521 g/mol. The summed E-state index contributed by atoms with van der Waals surface area (Å²) in [5.41, 5.74) is 0. The van der Waals surface area contributed by atoms with Gasteiger partial charge in [-0.15, -0.1) is 0 Å². The van der Waals surface area contributed by atoms with Gasteiger partial charge in [0, 0.05) is 6.42 Å². The fourth-order valence-electron chi connectivity index (χ4n) is 6.00. The van der Waals surface area contributed by atoms with E-state index in [1.165, 1.54) is 186 Å². The molecule has 0 radical (unpaired) electrons. The Hall–Kier alpha value is -0.530. The van der Waals surface area contributed by atoms with Crippen LogP contribution in [-0.2, 0) is 9.53 Å². The molecule has 0 saturated carbocycles. The first-order chi connectivity index (χ1) is 18.3. The third kappa shape index (κ3) is 25.5. The summed E-state index contributed by atoms with van der Waals surface area (Å²) in [5.74, 6) is 0.0143. The molecule has 1 aliphatic heterocycles. The number of unbranched alkanes of at least 4 members (excludes halogenated alkanes) is 28. The molecular weight excluding hydrogens is 452 g/mol. The Morgan fingerprint density at radius 1 is 0.459 bits per heavy atom. The first-order valence-electron chi connectivity index (χ1n) is 17.5. The minimum absolute atomic E-state index is 0.0143. The first kappa shape index (κ1) is 34.5. The van der Waals surface area contributed by atoms with E-state index in [0.717, 1.165) is 12.8 Å². The lowest BCUT2D eigenvalue weighted by molar-refractivity contribution is -0.141. The SMILES string of the molecule is CCCCCCCCCCCCCCCCCCCCCCCCCCCCCCC[C@H]1CCC(=O)O1. The van der Waals surface area contributed by atoms with Gasteiger partial charge < -0.3 is 4.74 Å². The number of ether oxygens (including phenoxy) is 1. The lowest BCUT2D eigenvalue weighted by Gasteiger charge is -2.08. The third-order valence-corrected chi connectivity index (χ3v) is 8.60. The minimum atomic E-state index is 0.0143. The zero-order valence-electron chi connectivity index (χ0n) is 25.5. The van der Waals surface area contributed by atoms with Crippen molar-refractivity contribution in [2.45, 2.75) is 218 Å². The van der Waals surface area contributed by atoms with Crippen molar-refractivity contribution in [1.82, 2.24) is 0 Å². The van der Waals surface area contributed by atoms with Crippen molar-refractivity contribution in [3.8, 4) is 0 Å². The average Bonchev–Trinajstić information content (AvgIpc) is 3.32. The Balaban J connectivity index is 1.61. The molecular formula is C35H68O2. The molecule has 2 nitrogen and oxygen atoms in total. The van der Waals surface area contributed by atoms with Crippen LogP contribution in [0.3, 0.4) is 0 Å². The number of carbonyl (C=O) groups excluding carboxylic acids is 1. The molecule has 1 rings (SSSR count). The lowest BCUT2D eigenvalue weighted by Crippen LogP contribution is -2.06. The van der Waals surface area contributed by atoms with Gasteiger partial charge in [-0.25, -0.2) is 0 Å². The van der Waals surface area contributed by atoms with Gasteiger partial charge >= 0.3 is 5.97 Å². The second kappa shape index (κ2) is 28.5. The maximum Gasteiger partial charge on any atom is 0.306 e. The smallest absolute Gasteiger partial charge is 0.306 e. The van der Waals surface area contributed by atoms with Gasteiger partial charge in [0.2, 0.25) is 0 Å². The van der Waals surface area contributed by atoms with E-state index in [0.29, 0.717) is 6.42 Å². The van der Waals surface area contributed by atoms with E-state index in [-0.39, 0.29) is 12.1 Å². The Kier molecular flexibility index (Phi) is 26.6. The molecule has 0 N–H and O–H groups in total. The summed E-state index contributed by atoms with van der Waals surface area (Å²) in [6.45, 7) is 2.30. The van der Waals surface area contributed by atoms with Gasteiger partial charge in [0.25, 0.3) is 0 Å². The van der Waals surface area contributed by atoms with Crippen LogP contribution in [0.1, 0.15) is 212 Å². The molecule has 0 amide bonds. The third-order valence-electron chi connectivity index (χ3n) is 8.60. The van der Waals surface area contributed by atoms with E-state index in [1.54, 1.807) is 0 Å². The highest BCUT2D eigenvalue weighted by atomic mass is 16.5. The van der Waals surface area contributed by atoms with E-state index in [1.807, 2.05) is 0 Å². The summed E-state index contributed by atoms with van der Waals surface area (Å²) in [4.78, 5) is 11.1. The van der Waals surface area contributed by atoms with Crippen LogP contribution in [0.5, 0.6) is 0 Å². The lowest BCUT2D eigenvalue weighted by atomic mass is 10.0. The van der Waals surface area contributed by atoms with Gasteiger partial charge in [0.05, 0.1) is 0 Å². The average molecular weight is 521 g/mol. The minimum Gasteiger partial charge on any atom is -0.462 e. The summed E-state index contributed by atoms with van der Waals surface area (Å²) in [6.07, 6.45) is 44.8. The topological polar surface area (TPSA) is 26.3 Å². The van der Waals surface area contributed by atoms with Crippen molar-refractivity contribution < 1.29 is 9.53 Å². The van der Waals surface area contributed by atoms with Gasteiger partial charge in [-0.1, -0.05) is 187 Å². The van der Waals surface area contributed by atoms with Gasteiger partial charge in [-0.05, 0) is 19.3 Å². The number of hydrogen-bond donors (Lipinski definition) is 0. The van der Waals surface area contributed by atoms with Gasteiger partial charge in [0.1, 0.15) is 6.10 Å². The van der Waals surface area contributed by atoms with Crippen LogP contribution in [0.15, 0.2) is 0 Å². The fourth-order valence-corrected chi connectivity index (χ4v) is 6.00. The van der Waals surface area contributed by atoms with Crippen molar-refractivity contribution in [2.24, 2.45) is 0 Å². The van der Waals surface area contributed by atoms with E-state index in [4.69, 9.17) is 4.74 Å². The fraction of sp³-hybridized carbons (Fsp3) is 0.971. The van der Waals surface area contributed by atoms with Crippen LogP contribution < -0.4 is 0 Å². The predicted molar refractivity (Wildman–Crippen MR) is 163 cm³/mol. The van der Waals surface area contributed by atoms with Crippen molar-refractivity contribution in [2.75, 3.05) is 0 Å². The molecule has 0 aromatic carbocycles. The zero-order valence-corrected chi connectivity index (χ0v) is 25.5. The summed E-state index contributed by atoms with van der Waals surface area (Å²) in [6, 6.07) is 0. The number of cyclic esters (lactones) is 1. The molecule has 0 aromatic heterocycles. The molecule has 1 atom stereocenters. The van der Waals surface area contributed by atoms with E-state index < -0.39 is 0 Å². The summed E-state index contributed by atoms with van der Waals surface area (Å²) in [7, 11) is 0. The van der Waals surface area contributed by atoms with Crippen molar-refractivity contribution >= 4 is 5.97 Å². The summed E-state index contributed by atoms with van der Waals surface area (Å²) in [5, 5.41) is 0. The maximum atomic E-state index is 11.1. The van der Waals surface area contributed by atoms with Crippen LogP contribution in [0.4, 0.5) is 0 Å². The van der Waals surface area contributed by atoms with Crippen LogP contribution in [-0.4, -0.2) is 12.1 Å². The first-order valence-corrected chi connectivity index (χ1v) is 17.5. The van der Waals surface area contributed by atoms with Gasteiger partial charge in [0.15, 0.2) is 0 Å². The largest absolute Gasteiger partial charge is 0.462 e. The zero-order chi connectivity index (χ0) is 26.5. The normalized spacial score (nSPS) is 15.5. The van der Waals surface area contributed by atoms with Crippen LogP contribution in [0, 0.1) is 0 Å². The van der Waals surface area contributed by atoms with E-state index >= 15 is 0 Å². The number of esters is 1. The Labute approximate surface area is 233 Å². The molecule has 0 unspecified atom stereocenters. The molecule has 0 spiro atoms. The van der Waals surface area contributed by atoms with E-state index in [2.05, 4.69) is 6.92 Å². The molecule has 0 bridgehead atoms. The van der Waals surface area contributed by atoms with Crippen LogP contribution >= 0.6 is 0 Å². The molecule has 0 aliphatic carbocycles. The molecule has 37 heavy (non-hydrogen) atoms. The van der Waals surface area contributed by atoms with Crippen molar-refractivity contribution in [3.63, 3.8) is 0 Å². The van der Waals surface area contributed by atoms with Crippen molar-refractivity contribution in [1.29, 1.82) is 0 Å². The number of rotatable bonds is 30. The van der Waals surface area contributed by atoms with Crippen molar-refractivity contribution in [3.05, 3.63) is 0 Å². The van der Waals surface area contributed by atoms with Gasteiger partial charge in [-0.3, -0.25) is 4.79 Å². The summed E-state index contributed by atoms with van der Waals surface area (Å²) < 4.78 is 5.29. The quantitative estimate of drug-likeness (QED) is 0.0695. The number of carbonyl (C=O) groups is 1. The van der Waals surface area contributed by atoms with E-state index in [9.17, 15) is 4.79 Å². The molecule has 220 valence electrons. The second-order valence-electron chi connectivity index (χ2n) is 12.3. The number of hydrogen-bond acceptors (Lipinski definition) is 2.